The van der Waals surface area contributed by atoms with Gasteiger partial charge in [0.25, 0.3) is 5.91 Å². The van der Waals surface area contributed by atoms with Crippen LogP contribution in [0.5, 0.6) is 17.2 Å². The van der Waals surface area contributed by atoms with Gasteiger partial charge >= 0.3 is 0 Å². The number of anilines is 1. The van der Waals surface area contributed by atoms with Crippen LogP contribution in [0.1, 0.15) is 62.2 Å². The van der Waals surface area contributed by atoms with E-state index >= 15 is 0 Å². The van der Waals surface area contributed by atoms with Gasteiger partial charge in [-0.25, -0.2) is 8.78 Å². The quantitative estimate of drug-likeness (QED) is 0.0626. The zero-order chi connectivity index (χ0) is 33.8. The van der Waals surface area contributed by atoms with E-state index in [0.29, 0.717) is 47.7 Å². The SMILES string of the molecule is C#CCN(C(=O)c1cn(-c2cc(OC)cc(OCCC)c2)c2cc(OCCCCCCCCBr)ccc2c1=O)c1cc(F)cc(F)c1. The van der Waals surface area contributed by atoms with Crippen LogP contribution < -0.4 is 24.5 Å². The Balaban J connectivity index is 1.79. The maximum atomic E-state index is 14.2. The molecule has 0 aliphatic heterocycles. The number of alkyl halides is 1. The van der Waals surface area contributed by atoms with Crippen molar-refractivity contribution in [2.24, 2.45) is 0 Å². The summed E-state index contributed by atoms with van der Waals surface area (Å²) in [7, 11) is 1.53. The highest BCUT2D eigenvalue weighted by Crippen LogP contribution is 2.30. The fourth-order valence-corrected chi connectivity index (χ4v) is 5.58. The first-order valence-electron chi connectivity index (χ1n) is 15.7. The van der Waals surface area contributed by atoms with Gasteiger partial charge in [0.2, 0.25) is 5.43 Å². The van der Waals surface area contributed by atoms with Crippen molar-refractivity contribution in [2.75, 3.05) is 37.1 Å². The highest BCUT2D eigenvalue weighted by Gasteiger charge is 2.24. The molecule has 0 radical (unpaired) electrons. The summed E-state index contributed by atoms with van der Waals surface area (Å²) in [4.78, 5) is 28.9. The van der Waals surface area contributed by atoms with Crippen LogP contribution in [-0.2, 0) is 0 Å². The zero-order valence-electron chi connectivity index (χ0n) is 26.7. The molecule has 1 aromatic heterocycles. The van der Waals surface area contributed by atoms with Gasteiger partial charge in [0.15, 0.2) is 0 Å². The van der Waals surface area contributed by atoms with Crippen LogP contribution in [0.15, 0.2) is 65.6 Å². The van der Waals surface area contributed by atoms with Gasteiger partial charge in [-0.05, 0) is 43.5 Å². The van der Waals surface area contributed by atoms with Gasteiger partial charge in [-0.15, -0.1) is 6.42 Å². The van der Waals surface area contributed by atoms with E-state index in [1.807, 2.05) is 6.92 Å². The first kappa shape index (κ1) is 35.5. The van der Waals surface area contributed by atoms with Crippen molar-refractivity contribution >= 4 is 38.4 Å². The Hall–Kier alpha value is -4.36. The van der Waals surface area contributed by atoms with E-state index in [2.05, 4.69) is 21.9 Å². The minimum absolute atomic E-state index is 0.111. The molecule has 1 heterocycles. The molecular weight excluding hydrogens is 670 g/mol. The Kier molecular flexibility index (Phi) is 13.2. The molecule has 10 heteroatoms. The third-order valence-corrected chi connectivity index (χ3v) is 8.07. The Morgan fingerprint density at radius 1 is 0.894 bits per heavy atom. The predicted octanol–water partition coefficient (Wildman–Crippen LogP) is 8.46. The van der Waals surface area contributed by atoms with Crippen molar-refractivity contribution < 1.29 is 27.8 Å². The number of benzene rings is 3. The molecule has 3 aromatic carbocycles. The molecule has 0 bridgehead atoms. The number of carbonyl (C=O) groups excluding carboxylic acids is 1. The van der Waals surface area contributed by atoms with Gasteiger partial charge in [0, 0.05) is 47.2 Å². The maximum absolute atomic E-state index is 14.2. The third-order valence-electron chi connectivity index (χ3n) is 7.51. The van der Waals surface area contributed by atoms with Crippen molar-refractivity contribution in [3.05, 3.63) is 88.2 Å². The maximum Gasteiger partial charge on any atom is 0.264 e. The monoisotopic (exact) mass is 708 g/mol. The normalized spacial score (nSPS) is 10.9. The number of pyridine rings is 1. The molecular formula is C37H39BrF2N2O5. The molecule has 4 rings (SSSR count). The highest BCUT2D eigenvalue weighted by molar-refractivity contribution is 9.09. The largest absolute Gasteiger partial charge is 0.497 e. The number of hydrogen-bond acceptors (Lipinski definition) is 5. The zero-order valence-corrected chi connectivity index (χ0v) is 28.3. The van der Waals surface area contributed by atoms with Crippen LogP contribution in [0.2, 0.25) is 0 Å². The highest BCUT2D eigenvalue weighted by atomic mass is 79.9. The summed E-state index contributed by atoms with van der Waals surface area (Å²) in [6.07, 6.45) is 14.4. The molecule has 0 unspecified atom stereocenters. The van der Waals surface area contributed by atoms with Crippen molar-refractivity contribution in [1.82, 2.24) is 4.57 Å². The van der Waals surface area contributed by atoms with Gasteiger partial charge in [0.1, 0.15) is 34.4 Å². The molecule has 1 amide bonds. The average molecular weight is 710 g/mol. The second kappa shape index (κ2) is 17.5. The second-order valence-corrected chi connectivity index (χ2v) is 11.8. The van der Waals surface area contributed by atoms with E-state index in [0.717, 1.165) is 48.0 Å². The summed E-state index contributed by atoms with van der Waals surface area (Å²) in [5.41, 5.74) is 0.106. The Bertz CT molecular complexity index is 1770. The molecule has 0 fully saturated rings. The topological polar surface area (TPSA) is 70.0 Å². The number of ether oxygens (including phenoxy) is 3. The van der Waals surface area contributed by atoms with Crippen molar-refractivity contribution in [3.63, 3.8) is 0 Å². The first-order valence-corrected chi connectivity index (χ1v) is 16.8. The molecule has 0 saturated heterocycles. The van der Waals surface area contributed by atoms with E-state index in [4.69, 9.17) is 20.6 Å². The van der Waals surface area contributed by atoms with Crippen LogP contribution in [0.25, 0.3) is 16.6 Å². The lowest BCUT2D eigenvalue weighted by Gasteiger charge is -2.22. The molecule has 7 nitrogen and oxygen atoms in total. The average Bonchev–Trinajstić information content (AvgIpc) is 3.06. The van der Waals surface area contributed by atoms with Crippen LogP contribution in [-0.4, -0.2) is 42.7 Å². The Morgan fingerprint density at radius 2 is 1.57 bits per heavy atom. The number of halogens is 3. The molecule has 0 saturated carbocycles. The van der Waals surface area contributed by atoms with E-state index in [9.17, 15) is 18.4 Å². The lowest BCUT2D eigenvalue weighted by molar-refractivity contribution is 0.0988. The van der Waals surface area contributed by atoms with Crippen LogP contribution in [0.3, 0.4) is 0 Å². The number of unbranched alkanes of at least 4 members (excludes halogenated alkanes) is 5. The second-order valence-electron chi connectivity index (χ2n) is 11.0. The molecule has 4 aromatic rings. The summed E-state index contributed by atoms with van der Waals surface area (Å²) in [5, 5.41) is 1.26. The predicted molar refractivity (Wildman–Crippen MR) is 186 cm³/mol. The number of aromatic nitrogens is 1. The molecule has 47 heavy (non-hydrogen) atoms. The number of fused-ring (bicyclic) bond motifs is 1. The minimum atomic E-state index is -0.885. The van der Waals surface area contributed by atoms with Crippen LogP contribution in [0.4, 0.5) is 14.5 Å². The number of methoxy groups -OCH3 is 1. The van der Waals surface area contributed by atoms with E-state index in [-0.39, 0.29) is 23.2 Å². The van der Waals surface area contributed by atoms with E-state index in [1.54, 1.807) is 41.0 Å². The van der Waals surface area contributed by atoms with Gasteiger partial charge in [-0.1, -0.05) is 54.5 Å². The van der Waals surface area contributed by atoms with Gasteiger partial charge in [-0.2, -0.15) is 0 Å². The molecule has 0 atom stereocenters. The van der Waals surface area contributed by atoms with Gasteiger partial charge in [0.05, 0.1) is 43.8 Å². The van der Waals surface area contributed by atoms with E-state index in [1.165, 1.54) is 32.6 Å². The summed E-state index contributed by atoms with van der Waals surface area (Å²) in [6.45, 7) is 2.66. The van der Waals surface area contributed by atoms with Gasteiger partial charge in [-0.3, -0.25) is 14.5 Å². The molecule has 0 N–H and O–H groups in total. The van der Waals surface area contributed by atoms with Crippen LogP contribution >= 0.6 is 15.9 Å². The van der Waals surface area contributed by atoms with Crippen molar-refractivity contribution in [3.8, 4) is 35.3 Å². The number of nitrogens with zero attached hydrogens (tertiary/aromatic N) is 2. The summed E-state index contributed by atoms with van der Waals surface area (Å²) in [6, 6.07) is 13.0. The van der Waals surface area contributed by atoms with Crippen molar-refractivity contribution in [1.29, 1.82) is 0 Å². The smallest absolute Gasteiger partial charge is 0.264 e. The van der Waals surface area contributed by atoms with Crippen molar-refractivity contribution in [2.45, 2.75) is 51.9 Å². The Morgan fingerprint density at radius 3 is 2.26 bits per heavy atom. The molecule has 0 spiro atoms. The number of rotatable bonds is 17. The molecule has 0 aliphatic carbocycles. The number of terminal acetylenes is 1. The molecule has 248 valence electrons. The lowest BCUT2D eigenvalue weighted by Crippen LogP contribution is -2.35. The molecule has 0 aliphatic rings. The first-order chi connectivity index (χ1) is 22.8. The number of carbonyl (C=O) groups is 1. The minimum Gasteiger partial charge on any atom is -0.497 e. The van der Waals surface area contributed by atoms with Crippen LogP contribution in [0, 0.1) is 24.0 Å². The number of amides is 1. The fourth-order valence-electron chi connectivity index (χ4n) is 5.18. The van der Waals surface area contributed by atoms with Gasteiger partial charge < -0.3 is 18.8 Å². The Labute approximate surface area is 282 Å². The fraction of sp³-hybridized carbons (Fsp3) is 0.351. The lowest BCUT2D eigenvalue weighted by atomic mass is 10.1. The summed E-state index contributed by atoms with van der Waals surface area (Å²) in [5.74, 6) is 1.37. The van der Waals surface area contributed by atoms with E-state index < -0.39 is 23.0 Å². The summed E-state index contributed by atoms with van der Waals surface area (Å²) < 4.78 is 47.5. The standard InChI is InChI=1S/C37H39BrF2N2O5/c1-4-15-41(28-19-26(39)18-27(40)20-28)37(44)34-25-42(29-21-31(45-3)23-32(22-29)46-16-5-2)35-24-30(12-13-33(35)36(34)43)47-17-11-9-7-6-8-10-14-38/h1,12-13,18-25H,5-11,14-17H2,2-3H3. The third kappa shape index (κ3) is 9.35. The summed E-state index contributed by atoms with van der Waals surface area (Å²) >= 11 is 3.46. The number of hydrogen-bond donors (Lipinski definition) is 0.